The lowest BCUT2D eigenvalue weighted by atomic mass is 10.0. The molecule has 0 N–H and O–H groups in total. The monoisotopic (exact) mass is 559 g/mol. The summed E-state index contributed by atoms with van der Waals surface area (Å²) in [6.07, 6.45) is 0. The van der Waals surface area contributed by atoms with E-state index < -0.39 is 0 Å². The third kappa shape index (κ3) is 3.63. The molecular weight excluding hydrogens is 538 g/mol. The highest BCUT2D eigenvalue weighted by Crippen LogP contribution is 2.42. The molecule has 8 rings (SSSR count). The van der Waals surface area contributed by atoms with Gasteiger partial charge in [-0.25, -0.2) is 9.69 Å². The second-order valence-corrected chi connectivity index (χ2v) is 10.7. The van der Waals surface area contributed by atoms with Crippen molar-refractivity contribution in [1.82, 2.24) is 9.13 Å². The molecule has 0 unspecified atom stereocenters. The van der Waals surface area contributed by atoms with Gasteiger partial charge in [0.1, 0.15) is 0 Å². The van der Waals surface area contributed by atoms with Crippen molar-refractivity contribution in [3.8, 4) is 28.6 Å². The summed E-state index contributed by atoms with van der Waals surface area (Å²) in [6, 6.07) is 44.6. The van der Waals surface area contributed by atoms with E-state index in [0.717, 1.165) is 66.1 Å². The van der Waals surface area contributed by atoms with Crippen molar-refractivity contribution >= 4 is 55.0 Å². The van der Waals surface area contributed by atoms with Crippen molar-refractivity contribution in [2.75, 3.05) is 0 Å². The van der Waals surface area contributed by atoms with Gasteiger partial charge in [0.25, 0.3) is 0 Å². The van der Waals surface area contributed by atoms with Gasteiger partial charge in [0.05, 0.1) is 52.5 Å². The van der Waals surface area contributed by atoms with Gasteiger partial charge in [-0.1, -0.05) is 72.8 Å². The summed E-state index contributed by atoms with van der Waals surface area (Å²) in [5.41, 5.74) is 9.68. The fourth-order valence-electron chi connectivity index (χ4n) is 6.49. The highest BCUT2D eigenvalue weighted by molar-refractivity contribution is 6.15. The van der Waals surface area contributed by atoms with Crippen LogP contribution in [0.2, 0.25) is 0 Å². The Balaban J connectivity index is 1.44. The fraction of sp³-hybridized carbons (Fsp3) is 0. The van der Waals surface area contributed by atoms with Crippen LogP contribution in [-0.2, 0) is 0 Å². The molecule has 0 atom stereocenters. The Morgan fingerprint density at radius 1 is 0.568 bits per heavy atom. The van der Waals surface area contributed by atoms with Gasteiger partial charge in [0, 0.05) is 27.4 Å². The average Bonchev–Trinajstić information content (AvgIpc) is 3.60. The average molecular weight is 560 g/mol. The van der Waals surface area contributed by atoms with Gasteiger partial charge in [0.15, 0.2) is 5.69 Å². The quantitative estimate of drug-likeness (QED) is 0.199. The predicted molar refractivity (Wildman–Crippen MR) is 178 cm³/mol. The van der Waals surface area contributed by atoms with Crippen LogP contribution in [0.25, 0.3) is 75.8 Å². The number of fused-ring (bicyclic) bond motifs is 6. The minimum absolute atomic E-state index is 0.561. The Labute approximate surface area is 253 Å². The van der Waals surface area contributed by atoms with Gasteiger partial charge in [-0.15, -0.1) is 0 Å². The Bertz CT molecular complexity index is 2600. The highest BCUT2D eigenvalue weighted by atomic mass is 15.0. The molecule has 202 valence electrons. The molecule has 0 saturated heterocycles. The number of benzene rings is 6. The zero-order valence-electron chi connectivity index (χ0n) is 23.4. The van der Waals surface area contributed by atoms with E-state index in [4.69, 9.17) is 13.1 Å². The zero-order valence-corrected chi connectivity index (χ0v) is 23.4. The van der Waals surface area contributed by atoms with Crippen molar-refractivity contribution < 1.29 is 0 Å². The predicted octanol–water partition coefficient (Wildman–Crippen LogP) is 10.5. The zero-order chi connectivity index (χ0) is 29.8. The normalized spacial score (nSPS) is 11.1. The number of nitrogens with zero attached hydrogens (tertiary/aromatic N) is 5. The van der Waals surface area contributed by atoms with Gasteiger partial charge < -0.3 is 9.13 Å². The van der Waals surface area contributed by atoms with E-state index in [0.29, 0.717) is 16.9 Å². The Morgan fingerprint density at radius 2 is 1.30 bits per heavy atom. The SMILES string of the molecule is [C-]#[N+]c1ccc2c(c1)c1cccc(-c3cccc(-n4c5ccccc5c5cc(C#N)ccc54)c3)c1n2-c1ccccc1[N+]#[C-]. The van der Waals surface area contributed by atoms with Crippen LogP contribution in [0.15, 0.2) is 127 Å². The van der Waals surface area contributed by atoms with E-state index in [1.807, 2.05) is 72.8 Å². The van der Waals surface area contributed by atoms with E-state index in [-0.39, 0.29) is 0 Å². The first-order valence-corrected chi connectivity index (χ1v) is 14.2. The molecule has 6 aromatic carbocycles. The van der Waals surface area contributed by atoms with E-state index in [1.54, 1.807) is 0 Å². The lowest BCUT2D eigenvalue weighted by molar-refractivity contribution is 1.18. The van der Waals surface area contributed by atoms with Gasteiger partial charge in [-0.2, -0.15) is 5.26 Å². The molecule has 0 saturated carbocycles. The van der Waals surface area contributed by atoms with Gasteiger partial charge in [-0.3, -0.25) is 0 Å². The second kappa shape index (κ2) is 9.74. The first-order valence-electron chi connectivity index (χ1n) is 14.2. The minimum atomic E-state index is 0.561. The maximum Gasteiger partial charge on any atom is 0.210 e. The lowest BCUT2D eigenvalue weighted by Gasteiger charge is -2.14. The fourth-order valence-corrected chi connectivity index (χ4v) is 6.49. The summed E-state index contributed by atoms with van der Waals surface area (Å²) < 4.78 is 4.42. The summed E-state index contributed by atoms with van der Waals surface area (Å²) in [6.45, 7) is 15.5. The molecule has 2 aromatic heterocycles. The van der Waals surface area contributed by atoms with Gasteiger partial charge in [0.2, 0.25) is 5.69 Å². The number of rotatable bonds is 3. The third-order valence-electron chi connectivity index (χ3n) is 8.36. The smallest absolute Gasteiger partial charge is 0.210 e. The number of hydrogen-bond acceptors (Lipinski definition) is 1. The molecule has 0 spiro atoms. The first kappa shape index (κ1) is 25.1. The van der Waals surface area contributed by atoms with Gasteiger partial charge in [-0.05, 0) is 65.5 Å². The van der Waals surface area contributed by atoms with Crippen LogP contribution in [0.5, 0.6) is 0 Å². The molecule has 0 amide bonds. The largest absolute Gasteiger partial charge is 0.319 e. The molecule has 0 fully saturated rings. The molecule has 2 heterocycles. The molecular formula is C39H21N5. The molecule has 5 nitrogen and oxygen atoms in total. The van der Waals surface area contributed by atoms with Crippen LogP contribution < -0.4 is 0 Å². The summed E-state index contributed by atoms with van der Waals surface area (Å²) >= 11 is 0. The Kier molecular flexibility index (Phi) is 5.56. The maximum atomic E-state index is 9.57. The lowest BCUT2D eigenvalue weighted by Crippen LogP contribution is -1.97. The molecule has 5 heteroatoms. The van der Waals surface area contributed by atoms with Crippen molar-refractivity contribution in [3.63, 3.8) is 0 Å². The number of aromatic nitrogens is 2. The van der Waals surface area contributed by atoms with Crippen molar-refractivity contribution in [3.05, 3.63) is 156 Å². The van der Waals surface area contributed by atoms with Gasteiger partial charge >= 0.3 is 0 Å². The van der Waals surface area contributed by atoms with Crippen LogP contribution in [0.1, 0.15) is 5.56 Å². The third-order valence-corrected chi connectivity index (χ3v) is 8.36. The van der Waals surface area contributed by atoms with Crippen molar-refractivity contribution in [1.29, 1.82) is 5.26 Å². The minimum Gasteiger partial charge on any atom is -0.319 e. The molecule has 0 aliphatic carbocycles. The molecule has 0 aliphatic rings. The van der Waals surface area contributed by atoms with Crippen molar-refractivity contribution in [2.45, 2.75) is 0 Å². The summed E-state index contributed by atoms with van der Waals surface area (Å²) in [5, 5.41) is 13.7. The van der Waals surface area contributed by atoms with E-state index >= 15 is 0 Å². The Hall–Kier alpha value is -6.61. The number of nitriles is 1. The van der Waals surface area contributed by atoms with E-state index in [2.05, 4.69) is 79.5 Å². The van der Waals surface area contributed by atoms with Crippen LogP contribution in [-0.4, -0.2) is 9.13 Å². The number of para-hydroxylation sites is 4. The summed E-state index contributed by atoms with van der Waals surface area (Å²) in [7, 11) is 0. The summed E-state index contributed by atoms with van der Waals surface area (Å²) in [4.78, 5) is 7.55. The van der Waals surface area contributed by atoms with E-state index in [1.165, 1.54) is 0 Å². The van der Waals surface area contributed by atoms with E-state index in [9.17, 15) is 5.26 Å². The molecule has 0 aliphatic heterocycles. The van der Waals surface area contributed by atoms with Crippen molar-refractivity contribution in [2.24, 2.45) is 0 Å². The Morgan fingerprint density at radius 3 is 2.16 bits per heavy atom. The van der Waals surface area contributed by atoms with Crippen LogP contribution >= 0.6 is 0 Å². The molecule has 8 aromatic rings. The molecule has 44 heavy (non-hydrogen) atoms. The first-order chi connectivity index (χ1) is 21.7. The second-order valence-electron chi connectivity index (χ2n) is 10.7. The number of hydrogen-bond donors (Lipinski definition) is 0. The maximum absolute atomic E-state index is 9.57. The van der Waals surface area contributed by atoms with Crippen LogP contribution in [0.4, 0.5) is 11.4 Å². The highest BCUT2D eigenvalue weighted by Gasteiger charge is 2.19. The molecule has 0 bridgehead atoms. The van der Waals surface area contributed by atoms with Crippen LogP contribution in [0, 0.1) is 24.5 Å². The summed E-state index contributed by atoms with van der Waals surface area (Å²) in [5.74, 6) is 0. The standard InChI is InChI=1S/C39H21N5/c1-41-27-18-20-37-33(23-27)31-13-8-12-29(39(31)44(37)38-16-6-4-14-34(38)42-2)26-9-7-10-28(22-26)43-35-15-5-3-11-30(35)32-21-25(24-40)17-19-36(32)43/h3-23H. The topological polar surface area (TPSA) is 42.4 Å². The molecule has 0 radical (unpaired) electrons. The van der Waals surface area contributed by atoms with Crippen LogP contribution in [0.3, 0.4) is 0 Å².